The summed E-state index contributed by atoms with van der Waals surface area (Å²) in [7, 11) is 0. The molecule has 0 spiro atoms. The Labute approximate surface area is 163 Å². The second-order valence-corrected chi connectivity index (χ2v) is 6.72. The Morgan fingerprint density at radius 2 is 1.48 bits per heavy atom. The number of rotatable bonds is 3. The molecule has 1 aliphatic rings. The molecule has 152 valence electrons. The fourth-order valence-electron chi connectivity index (χ4n) is 2.43. The van der Waals surface area contributed by atoms with Gasteiger partial charge >= 0.3 is 12.4 Å². The predicted molar refractivity (Wildman–Crippen MR) is 92.1 cm³/mol. The molecular formula is C18H9F6NO3S. The van der Waals surface area contributed by atoms with Crippen LogP contribution in [0.3, 0.4) is 0 Å². The number of hydrogen-bond acceptors (Lipinski definition) is 4. The molecule has 1 fully saturated rings. The van der Waals surface area contributed by atoms with Gasteiger partial charge in [0.2, 0.25) is 0 Å². The van der Waals surface area contributed by atoms with E-state index in [2.05, 4.69) is 0 Å². The zero-order chi connectivity index (χ0) is 21.4. The van der Waals surface area contributed by atoms with E-state index in [0.717, 1.165) is 30.3 Å². The highest BCUT2D eigenvalue weighted by Crippen LogP contribution is 2.42. The third-order valence-corrected chi connectivity index (χ3v) is 4.47. The van der Waals surface area contributed by atoms with Crippen molar-refractivity contribution in [3.8, 4) is 11.5 Å². The Morgan fingerprint density at radius 1 is 0.862 bits per heavy atom. The maximum Gasteiger partial charge on any atom is 0.420 e. The number of benzene rings is 2. The van der Waals surface area contributed by atoms with Gasteiger partial charge in [-0.05, 0) is 47.7 Å². The van der Waals surface area contributed by atoms with Crippen molar-refractivity contribution in [3.63, 3.8) is 0 Å². The van der Waals surface area contributed by atoms with Crippen LogP contribution < -0.4 is 10.1 Å². The lowest BCUT2D eigenvalue weighted by Crippen LogP contribution is -2.17. The van der Waals surface area contributed by atoms with Gasteiger partial charge in [0, 0.05) is 0 Å². The van der Waals surface area contributed by atoms with E-state index < -0.39 is 46.1 Å². The Kier molecular flexibility index (Phi) is 5.35. The van der Waals surface area contributed by atoms with Gasteiger partial charge in [-0.1, -0.05) is 18.2 Å². The monoisotopic (exact) mass is 433 g/mol. The smallest absolute Gasteiger partial charge is 0.420 e. The van der Waals surface area contributed by atoms with Gasteiger partial charge in [-0.25, -0.2) is 0 Å². The second kappa shape index (κ2) is 7.47. The van der Waals surface area contributed by atoms with Gasteiger partial charge in [-0.15, -0.1) is 0 Å². The van der Waals surface area contributed by atoms with Crippen molar-refractivity contribution in [2.45, 2.75) is 12.4 Å². The van der Waals surface area contributed by atoms with Crippen molar-refractivity contribution in [1.29, 1.82) is 0 Å². The molecule has 1 N–H and O–H groups in total. The van der Waals surface area contributed by atoms with E-state index in [1.165, 1.54) is 6.07 Å². The predicted octanol–water partition coefficient (Wildman–Crippen LogP) is 5.84. The third kappa shape index (κ3) is 4.73. The number of ether oxygens (including phenoxy) is 1. The highest BCUT2D eigenvalue weighted by Gasteiger charge is 2.37. The van der Waals surface area contributed by atoms with Crippen molar-refractivity contribution in [2.75, 3.05) is 0 Å². The van der Waals surface area contributed by atoms with Crippen LogP contribution in [0.4, 0.5) is 31.1 Å². The number of nitrogens with one attached hydrogen (secondary N) is 1. The normalized spacial score (nSPS) is 16.3. The fraction of sp³-hybridized carbons (Fsp3) is 0.111. The van der Waals surface area contributed by atoms with Gasteiger partial charge in [0.25, 0.3) is 11.1 Å². The Morgan fingerprint density at radius 3 is 2.07 bits per heavy atom. The fourth-order valence-corrected chi connectivity index (χ4v) is 3.11. The quantitative estimate of drug-likeness (QED) is 0.488. The van der Waals surface area contributed by atoms with Gasteiger partial charge < -0.3 is 4.74 Å². The SMILES string of the molecule is O=C1NC(=O)C(=Cc2ccc(Oc3ccccc3C(F)(F)F)c(C(F)(F)F)c2)S1. The number of carbonyl (C=O) groups excluding carboxylic acids is 2. The summed E-state index contributed by atoms with van der Waals surface area (Å²) in [5.41, 5.74) is -2.64. The molecule has 2 amide bonds. The Hall–Kier alpha value is -2.95. The van der Waals surface area contributed by atoms with E-state index >= 15 is 0 Å². The van der Waals surface area contributed by atoms with Crippen LogP contribution in [0.15, 0.2) is 47.4 Å². The second-order valence-electron chi connectivity index (χ2n) is 5.70. The average Bonchev–Trinajstić information content (AvgIpc) is 2.92. The summed E-state index contributed by atoms with van der Waals surface area (Å²) in [4.78, 5) is 22.6. The topological polar surface area (TPSA) is 55.4 Å². The lowest BCUT2D eigenvalue weighted by molar-refractivity contribution is -0.139. The molecule has 0 saturated carbocycles. The molecule has 0 aliphatic carbocycles. The molecule has 0 bridgehead atoms. The molecule has 4 nitrogen and oxygen atoms in total. The van der Waals surface area contributed by atoms with Crippen LogP contribution in [0, 0.1) is 0 Å². The van der Waals surface area contributed by atoms with E-state index in [1.807, 2.05) is 5.32 Å². The van der Waals surface area contributed by atoms with E-state index in [-0.39, 0.29) is 10.5 Å². The molecule has 0 atom stereocenters. The highest BCUT2D eigenvalue weighted by molar-refractivity contribution is 8.18. The lowest BCUT2D eigenvalue weighted by atomic mass is 10.1. The number of hydrogen-bond donors (Lipinski definition) is 1. The molecule has 29 heavy (non-hydrogen) atoms. The number of para-hydroxylation sites is 1. The summed E-state index contributed by atoms with van der Waals surface area (Å²) in [5.74, 6) is -2.38. The maximum absolute atomic E-state index is 13.5. The molecule has 3 rings (SSSR count). The van der Waals surface area contributed by atoms with Gasteiger partial charge in [0.15, 0.2) is 0 Å². The van der Waals surface area contributed by atoms with Crippen molar-refractivity contribution >= 4 is 29.0 Å². The molecule has 1 heterocycles. The zero-order valence-corrected chi connectivity index (χ0v) is 14.8. The summed E-state index contributed by atoms with van der Waals surface area (Å²) in [6, 6.07) is 6.48. The van der Waals surface area contributed by atoms with E-state index in [0.29, 0.717) is 23.9 Å². The van der Waals surface area contributed by atoms with Gasteiger partial charge in [-0.3, -0.25) is 14.9 Å². The van der Waals surface area contributed by atoms with Crippen LogP contribution in [0.25, 0.3) is 6.08 Å². The molecule has 11 heteroatoms. The number of thioether (sulfide) groups is 1. The summed E-state index contributed by atoms with van der Waals surface area (Å²) < 4.78 is 84.5. The van der Waals surface area contributed by atoms with E-state index in [4.69, 9.17) is 4.74 Å². The van der Waals surface area contributed by atoms with Crippen molar-refractivity contribution in [1.82, 2.24) is 5.32 Å². The minimum atomic E-state index is -4.95. The number of amides is 2. The summed E-state index contributed by atoms with van der Waals surface area (Å²) in [5, 5.41) is 1.29. The van der Waals surface area contributed by atoms with Crippen molar-refractivity contribution in [3.05, 3.63) is 64.1 Å². The van der Waals surface area contributed by atoms with Crippen LogP contribution >= 0.6 is 11.8 Å². The van der Waals surface area contributed by atoms with Crippen LogP contribution in [-0.4, -0.2) is 11.1 Å². The number of carbonyl (C=O) groups is 2. The van der Waals surface area contributed by atoms with Crippen molar-refractivity contribution in [2.24, 2.45) is 0 Å². The Balaban J connectivity index is 2.02. The van der Waals surface area contributed by atoms with Gasteiger partial charge in [0.1, 0.15) is 11.5 Å². The number of halogens is 6. The van der Waals surface area contributed by atoms with Gasteiger partial charge in [-0.2, -0.15) is 26.3 Å². The molecule has 0 radical (unpaired) electrons. The van der Waals surface area contributed by atoms with Crippen LogP contribution in [-0.2, 0) is 17.1 Å². The first-order valence-electron chi connectivity index (χ1n) is 7.75. The van der Waals surface area contributed by atoms with E-state index in [1.54, 1.807) is 0 Å². The molecule has 0 unspecified atom stereocenters. The Bertz CT molecular complexity index is 1010. The average molecular weight is 433 g/mol. The van der Waals surface area contributed by atoms with Crippen LogP contribution in [0.1, 0.15) is 16.7 Å². The minimum absolute atomic E-state index is 0.0823. The standard InChI is InChI=1S/C18H9F6NO3S/c19-17(20,21)10-3-1-2-4-12(10)28-13-6-5-9(7-11(13)18(22,23)24)8-14-15(26)25-16(27)29-14/h1-8H,(H,25,26,27). The van der Waals surface area contributed by atoms with Gasteiger partial charge in [0.05, 0.1) is 16.0 Å². The minimum Gasteiger partial charge on any atom is -0.456 e. The molecule has 1 aliphatic heterocycles. The molecule has 2 aromatic rings. The van der Waals surface area contributed by atoms with Crippen LogP contribution in [0.2, 0.25) is 0 Å². The number of imide groups is 1. The molecule has 0 aromatic heterocycles. The van der Waals surface area contributed by atoms with E-state index in [9.17, 15) is 35.9 Å². The first-order valence-corrected chi connectivity index (χ1v) is 8.57. The zero-order valence-electron chi connectivity index (χ0n) is 14.0. The largest absolute Gasteiger partial charge is 0.456 e. The first kappa shape index (κ1) is 20.8. The third-order valence-electron chi connectivity index (χ3n) is 3.66. The molecule has 1 saturated heterocycles. The summed E-state index contributed by atoms with van der Waals surface area (Å²) in [6.45, 7) is 0. The molecular weight excluding hydrogens is 424 g/mol. The maximum atomic E-state index is 13.5. The number of alkyl halides is 6. The van der Waals surface area contributed by atoms with Crippen molar-refractivity contribution < 1.29 is 40.7 Å². The van der Waals surface area contributed by atoms with Crippen LogP contribution in [0.5, 0.6) is 11.5 Å². The molecule has 2 aromatic carbocycles. The first-order chi connectivity index (χ1) is 13.4. The summed E-state index contributed by atoms with van der Waals surface area (Å²) in [6.07, 6.45) is -8.70. The highest BCUT2D eigenvalue weighted by atomic mass is 32.2. The lowest BCUT2D eigenvalue weighted by Gasteiger charge is -2.17. The summed E-state index contributed by atoms with van der Waals surface area (Å²) >= 11 is 0.517.